The molecule has 3 aliphatic carbocycles. The van der Waals surface area contributed by atoms with Gasteiger partial charge in [0.1, 0.15) is 0 Å². The van der Waals surface area contributed by atoms with Crippen molar-refractivity contribution in [3.8, 4) is 0 Å². The Kier molecular flexibility index (Phi) is 10.8. The van der Waals surface area contributed by atoms with E-state index in [-0.39, 0.29) is 35.6 Å². The molecule has 0 aliphatic heterocycles. The predicted molar refractivity (Wildman–Crippen MR) is 173 cm³/mol. The van der Waals surface area contributed by atoms with E-state index in [1.807, 2.05) is 6.07 Å². The normalized spacial score (nSPS) is 16.4. The Hall–Kier alpha value is -2.18. The summed E-state index contributed by atoms with van der Waals surface area (Å²) in [6.45, 7) is 15.9. The van der Waals surface area contributed by atoms with E-state index in [9.17, 15) is 0 Å². The Morgan fingerprint density at radius 1 is 0.786 bits per heavy atom. The van der Waals surface area contributed by atoms with Crippen LogP contribution in [-0.4, -0.2) is 3.71 Å². The van der Waals surface area contributed by atoms with Gasteiger partial charge in [0.25, 0.3) is 0 Å². The Morgan fingerprint density at radius 2 is 1.29 bits per heavy atom. The van der Waals surface area contributed by atoms with Crippen LogP contribution < -0.4 is 24.8 Å². The van der Waals surface area contributed by atoms with Crippen LogP contribution in [-0.2, 0) is 35.1 Å². The van der Waals surface area contributed by atoms with Crippen LogP contribution in [0.3, 0.4) is 0 Å². The number of fused-ring (bicyclic) bond motifs is 5. The van der Waals surface area contributed by atoms with Crippen molar-refractivity contribution in [3.05, 3.63) is 124 Å². The van der Waals surface area contributed by atoms with Gasteiger partial charge in [0.2, 0.25) is 0 Å². The van der Waals surface area contributed by atoms with Crippen molar-refractivity contribution in [2.24, 2.45) is 5.41 Å². The number of benzene rings is 3. The second-order valence-corrected chi connectivity index (χ2v) is 14.0. The van der Waals surface area contributed by atoms with E-state index in [0.29, 0.717) is 5.41 Å². The second-order valence-electron chi connectivity index (χ2n) is 13.3. The van der Waals surface area contributed by atoms with E-state index in [4.69, 9.17) is 0 Å². The number of allylic oxidation sites excluding steroid dienone is 6. The Morgan fingerprint density at radius 3 is 1.64 bits per heavy atom. The molecule has 0 spiro atoms. The summed E-state index contributed by atoms with van der Waals surface area (Å²) >= 11 is 1.46. The maximum atomic E-state index is 3.16. The molecule has 0 amide bonds. The third kappa shape index (κ3) is 7.13. The van der Waals surface area contributed by atoms with E-state index in [0.717, 1.165) is 6.42 Å². The van der Waals surface area contributed by atoms with E-state index in [1.165, 1.54) is 79.2 Å². The summed E-state index contributed by atoms with van der Waals surface area (Å²) < 4.78 is 2.17. The molecule has 0 saturated heterocycles. The van der Waals surface area contributed by atoms with Crippen molar-refractivity contribution in [3.63, 3.8) is 0 Å². The SMILES string of the molecule is CC(C)(C)C1=CC[C-]=C1.CC1(C)C=Cc2cc3c(cc21)[cH-]c1cc2c(cc13)C=CC2(C)C.[Cl-].[Cl-].[Zr+2]=[CH]c1ccccc1. The van der Waals surface area contributed by atoms with Gasteiger partial charge >= 0.3 is 63.8 Å². The molecule has 0 N–H and O–H groups in total. The van der Waals surface area contributed by atoms with Crippen LogP contribution in [0.2, 0.25) is 0 Å². The van der Waals surface area contributed by atoms with Crippen molar-refractivity contribution in [1.29, 1.82) is 0 Å². The molecule has 7 rings (SSSR count). The van der Waals surface area contributed by atoms with Crippen LogP contribution in [0.25, 0.3) is 33.7 Å². The van der Waals surface area contributed by atoms with Crippen molar-refractivity contribution < 1.29 is 49.0 Å². The first-order valence-electron chi connectivity index (χ1n) is 14.3. The first-order chi connectivity index (χ1) is 18.9. The molecule has 0 fully saturated rings. The van der Waals surface area contributed by atoms with E-state index >= 15 is 0 Å². The van der Waals surface area contributed by atoms with E-state index < -0.39 is 0 Å². The van der Waals surface area contributed by atoms with Gasteiger partial charge in [0, 0.05) is 10.8 Å². The molecule has 0 unspecified atom stereocenters. The fourth-order valence-corrected chi connectivity index (χ4v) is 6.25. The molecule has 3 aliphatic rings. The van der Waals surface area contributed by atoms with Gasteiger partial charge in [-0.2, -0.15) is 11.6 Å². The summed E-state index contributed by atoms with van der Waals surface area (Å²) in [6.07, 6.45) is 17.7. The zero-order chi connectivity index (χ0) is 28.7. The topological polar surface area (TPSA) is 0 Å². The molecular weight excluding hydrogens is 631 g/mol. The minimum atomic E-state index is 0. The summed E-state index contributed by atoms with van der Waals surface area (Å²) in [5.41, 5.74) is 9.04. The molecule has 0 bridgehead atoms. The van der Waals surface area contributed by atoms with Crippen LogP contribution in [0.5, 0.6) is 0 Å². The van der Waals surface area contributed by atoms with Gasteiger partial charge in [-0.15, -0.1) is 46.2 Å². The second kappa shape index (κ2) is 13.2. The molecule has 0 heterocycles. The molecule has 0 radical (unpaired) electrons. The predicted octanol–water partition coefficient (Wildman–Crippen LogP) is 4.43. The summed E-state index contributed by atoms with van der Waals surface area (Å²) in [5.74, 6) is 0. The van der Waals surface area contributed by atoms with E-state index in [2.05, 4.69) is 149 Å². The molecule has 0 aromatic heterocycles. The minimum absolute atomic E-state index is 0. The maximum absolute atomic E-state index is 3.16. The monoisotopic (exact) mass is 668 g/mol. The molecule has 4 aromatic rings. The molecule has 0 saturated carbocycles. The van der Waals surface area contributed by atoms with Gasteiger partial charge in [-0.1, -0.05) is 101 Å². The summed E-state index contributed by atoms with van der Waals surface area (Å²) in [6, 6.07) is 22.3. The average Bonchev–Trinajstić information content (AvgIpc) is 3.70. The zero-order valence-corrected chi connectivity index (χ0v) is 29.7. The van der Waals surface area contributed by atoms with Crippen LogP contribution in [0.4, 0.5) is 0 Å². The van der Waals surface area contributed by atoms with Gasteiger partial charge in [0.15, 0.2) is 0 Å². The van der Waals surface area contributed by atoms with Gasteiger partial charge in [-0.25, -0.2) is 6.08 Å². The Bertz CT molecular complexity index is 1620. The van der Waals surface area contributed by atoms with Crippen molar-refractivity contribution in [2.45, 2.75) is 65.7 Å². The standard InChI is InChI=1S/C23H21.C9H13.C7H6.2ClH.Zr/c1-22(2)7-5-14-10-18-16(12-20(14)22)9-17-13-21-15(11-19(17)18)6-8-23(21,3)4;1-9(2,3)8-6-4-5-7-8;1-7-5-3-2-4-6-7;;;/h5-13H,1-4H3;6-7H,4H2,1-3H3;1-6H;2*1H;/q2*-1;;;;+2/p-2. The summed E-state index contributed by atoms with van der Waals surface area (Å²) in [5, 5.41) is 5.53. The molecule has 216 valence electrons. The first kappa shape index (κ1) is 34.3. The number of hydrogen-bond acceptors (Lipinski definition) is 0. The molecule has 3 heteroatoms. The van der Waals surface area contributed by atoms with Crippen molar-refractivity contribution >= 4 is 37.4 Å². The van der Waals surface area contributed by atoms with Crippen LogP contribution in [0, 0.1) is 11.5 Å². The fourth-order valence-electron chi connectivity index (χ4n) is 5.78. The van der Waals surface area contributed by atoms with Crippen LogP contribution in [0.1, 0.15) is 82.7 Å². The summed E-state index contributed by atoms with van der Waals surface area (Å²) in [4.78, 5) is 0. The Balaban J connectivity index is 0.000000212. The quantitative estimate of drug-likeness (QED) is 0.263. The number of halogens is 2. The average molecular weight is 671 g/mol. The molecular formula is C39H40Cl2Zr-2. The van der Waals surface area contributed by atoms with Crippen molar-refractivity contribution in [1.82, 2.24) is 0 Å². The number of hydrogen-bond donors (Lipinski definition) is 0. The molecule has 4 aromatic carbocycles. The van der Waals surface area contributed by atoms with Crippen LogP contribution in [0.15, 0.2) is 90.5 Å². The van der Waals surface area contributed by atoms with Gasteiger partial charge in [-0.3, -0.25) is 6.08 Å². The van der Waals surface area contributed by atoms with Gasteiger partial charge < -0.3 is 24.8 Å². The first-order valence-corrected chi connectivity index (χ1v) is 15.7. The third-order valence-corrected chi connectivity index (χ3v) is 9.14. The molecule has 0 atom stereocenters. The zero-order valence-electron chi connectivity index (χ0n) is 25.8. The Labute approximate surface area is 280 Å². The van der Waals surface area contributed by atoms with Gasteiger partial charge in [-0.05, 0) is 11.1 Å². The molecule has 0 nitrogen and oxygen atoms in total. The fraction of sp³-hybridized carbons (Fsp3) is 0.282. The number of rotatable bonds is 1. The van der Waals surface area contributed by atoms with Gasteiger partial charge in [0.05, 0.1) is 0 Å². The third-order valence-electron chi connectivity index (χ3n) is 8.32. The summed E-state index contributed by atoms with van der Waals surface area (Å²) in [7, 11) is 0. The molecule has 42 heavy (non-hydrogen) atoms. The van der Waals surface area contributed by atoms with E-state index in [1.54, 1.807) is 0 Å². The van der Waals surface area contributed by atoms with Crippen LogP contribution >= 0.6 is 0 Å². The van der Waals surface area contributed by atoms with Crippen molar-refractivity contribution in [2.75, 3.05) is 0 Å².